The van der Waals surface area contributed by atoms with Crippen LogP contribution in [0.3, 0.4) is 0 Å². The summed E-state index contributed by atoms with van der Waals surface area (Å²) in [6.07, 6.45) is 1.61. The van der Waals surface area contributed by atoms with Crippen molar-refractivity contribution in [1.29, 1.82) is 0 Å². The molecule has 0 heterocycles. The predicted molar refractivity (Wildman–Crippen MR) is 100 cm³/mol. The van der Waals surface area contributed by atoms with Gasteiger partial charge in [0, 0.05) is 6.54 Å². The van der Waals surface area contributed by atoms with Gasteiger partial charge in [-0.25, -0.2) is 13.1 Å². The molecule has 0 aliphatic carbocycles. The van der Waals surface area contributed by atoms with Crippen molar-refractivity contribution >= 4 is 32.6 Å². The molecule has 0 spiro atoms. The molecule has 0 aliphatic heterocycles. The summed E-state index contributed by atoms with van der Waals surface area (Å²) in [7, 11) is -1.91. The van der Waals surface area contributed by atoms with Crippen LogP contribution in [0.1, 0.15) is 17.5 Å². The van der Waals surface area contributed by atoms with E-state index in [-0.39, 0.29) is 4.90 Å². The fourth-order valence-electron chi connectivity index (χ4n) is 2.15. The van der Waals surface area contributed by atoms with Gasteiger partial charge < -0.3 is 4.74 Å². The zero-order valence-electron chi connectivity index (χ0n) is 13.2. The third-order valence-corrected chi connectivity index (χ3v) is 5.79. The fourth-order valence-corrected chi connectivity index (χ4v) is 4.20. The number of hydrogen-bond acceptors (Lipinski definition) is 3. The molecule has 6 heteroatoms. The third kappa shape index (κ3) is 5.19. The molecule has 0 amide bonds. The second kappa shape index (κ2) is 8.12. The molecule has 2 rings (SSSR count). The highest BCUT2D eigenvalue weighted by molar-refractivity contribution is 14.1. The van der Waals surface area contributed by atoms with Crippen LogP contribution in [0.2, 0.25) is 0 Å². The molecule has 2 aromatic carbocycles. The van der Waals surface area contributed by atoms with Crippen LogP contribution in [0.4, 0.5) is 0 Å². The number of hydrogen-bond donors (Lipinski definition) is 1. The predicted octanol–water partition coefficient (Wildman–Crippen LogP) is 3.52. The number of aryl methyl sites for hydroxylation is 2. The Morgan fingerprint density at radius 3 is 2.43 bits per heavy atom. The largest absolute Gasteiger partial charge is 0.496 e. The van der Waals surface area contributed by atoms with Gasteiger partial charge in [0.1, 0.15) is 5.75 Å². The van der Waals surface area contributed by atoms with Crippen molar-refractivity contribution in [3.63, 3.8) is 0 Å². The first kappa shape index (κ1) is 18.2. The minimum absolute atomic E-state index is 0.262. The summed E-state index contributed by atoms with van der Waals surface area (Å²) >= 11 is 2.06. The first-order valence-corrected chi connectivity index (χ1v) is 9.87. The van der Waals surface area contributed by atoms with Gasteiger partial charge in [-0.3, -0.25) is 0 Å². The fraction of sp³-hybridized carbons (Fsp3) is 0.294. The lowest BCUT2D eigenvalue weighted by atomic mass is 10.1. The van der Waals surface area contributed by atoms with Gasteiger partial charge in [-0.1, -0.05) is 29.8 Å². The van der Waals surface area contributed by atoms with Gasteiger partial charge in [0.2, 0.25) is 10.0 Å². The molecular weight excluding hydrogens is 425 g/mol. The summed E-state index contributed by atoms with van der Waals surface area (Å²) in [6.45, 7) is 2.47. The van der Waals surface area contributed by atoms with E-state index in [0.29, 0.717) is 12.3 Å². The molecule has 0 fully saturated rings. The number of benzene rings is 2. The second-order valence-corrected chi connectivity index (χ2v) is 8.21. The van der Waals surface area contributed by atoms with E-state index in [4.69, 9.17) is 4.74 Å². The van der Waals surface area contributed by atoms with E-state index >= 15 is 0 Å². The quantitative estimate of drug-likeness (QED) is 0.524. The van der Waals surface area contributed by atoms with Crippen molar-refractivity contribution in [2.45, 2.75) is 24.7 Å². The van der Waals surface area contributed by atoms with Gasteiger partial charge in [0.15, 0.2) is 0 Å². The number of sulfonamides is 1. The molecule has 0 saturated heterocycles. The molecular formula is C17H20INO3S. The molecule has 0 atom stereocenters. The lowest BCUT2D eigenvalue weighted by Gasteiger charge is -2.09. The van der Waals surface area contributed by atoms with Gasteiger partial charge >= 0.3 is 0 Å². The van der Waals surface area contributed by atoms with Crippen LogP contribution in [0, 0.1) is 10.5 Å². The number of halogens is 1. The number of nitrogens with one attached hydrogen (secondary N) is 1. The Hall–Kier alpha value is -1.12. The van der Waals surface area contributed by atoms with Crippen molar-refractivity contribution < 1.29 is 13.2 Å². The van der Waals surface area contributed by atoms with Crippen molar-refractivity contribution in [1.82, 2.24) is 4.72 Å². The highest BCUT2D eigenvalue weighted by Gasteiger charge is 2.15. The summed E-state index contributed by atoms with van der Waals surface area (Å²) < 4.78 is 33.1. The molecule has 23 heavy (non-hydrogen) atoms. The maximum absolute atomic E-state index is 12.3. The number of methoxy groups -OCH3 is 1. The molecule has 0 unspecified atom stereocenters. The Labute approximate surface area is 151 Å². The lowest BCUT2D eigenvalue weighted by molar-refractivity contribution is 0.411. The molecule has 0 saturated carbocycles. The Bertz CT molecular complexity index is 758. The molecule has 0 radical (unpaired) electrons. The zero-order chi connectivity index (χ0) is 16.9. The van der Waals surface area contributed by atoms with Crippen LogP contribution in [0.25, 0.3) is 0 Å². The molecule has 0 aromatic heterocycles. The molecule has 0 aliphatic rings. The highest BCUT2D eigenvalue weighted by atomic mass is 127. The zero-order valence-corrected chi connectivity index (χ0v) is 16.1. The van der Waals surface area contributed by atoms with Gasteiger partial charge in [0.05, 0.1) is 15.6 Å². The van der Waals surface area contributed by atoms with Crippen molar-refractivity contribution in [2.24, 2.45) is 0 Å². The minimum Gasteiger partial charge on any atom is -0.496 e. The summed E-state index contributed by atoms with van der Waals surface area (Å²) in [5.41, 5.74) is 2.44. The smallest absolute Gasteiger partial charge is 0.240 e. The van der Waals surface area contributed by atoms with Crippen LogP contribution in [0.5, 0.6) is 5.75 Å². The minimum atomic E-state index is -3.48. The van der Waals surface area contributed by atoms with E-state index in [1.165, 1.54) is 11.1 Å². The van der Waals surface area contributed by atoms with Gasteiger partial charge in [-0.2, -0.15) is 0 Å². The summed E-state index contributed by atoms with van der Waals surface area (Å²) in [5.74, 6) is 0.670. The summed E-state index contributed by atoms with van der Waals surface area (Å²) in [6, 6.07) is 13.1. The van der Waals surface area contributed by atoms with Crippen LogP contribution in [-0.4, -0.2) is 22.1 Å². The Morgan fingerprint density at radius 1 is 1.13 bits per heavy atom. The van der Waals surface area contributed by atoms with Gasteiger partial charge in [0.25, 0.3) is 0 Å². The first-order chi connectivity index (χ1) is 10.9. The standard InChI is InChI=1S/C17H20INO3S/c1-13-5-7-14(8-6-13)4-3-11-19-23(20,21)15-9-10-17(22-2)16(18)12-15/h5-10,12,19H,3-4,11H2,1-2H3. The summed E-state index contributed by atoms with van der Waals surface area (Å²) in [5, 5.41) is 0. The molecule has 4 nitrogen and oxygen atoms in total. The van der Waals surface area contributed by atoms with E-state index < -0.39 is 10.0 Å². The molecule has 1 N–H and O–H groups in total. The first-order valence-electron chi connectivity index (χ1n) is 7.31. The molecule has 0 bridgehead atoms. The van der Waals surface area contributed by atoms with Crippen molar-refractivity contribution in [2.75, 3.05) is 13.7 Å². The van der Waals surface area contributed by atoms with E-state index in [0.717, 1.165) is 16.4 Å². The number of ether oxygens (including phenoxy) is 1. The molecule has 2 aromatic rings. The average Bonchev–Trinajstić information content (AvgIpc) is 2.53. The van der Waals surface area contributed by atoms with Crippen LogP contribution < -0.4 is 9.46 Å². The second-order valence-electron chi connectivity index (χ2n) is 5.28. The Kier molecular flexibility index (Phi) is 6.43. The third-order valence-electron chi connectivity index (χ3n) is 3.49. The topological polar surface area (TPSA) is 55.4 Å². The van der Waals surface area contributed by atoms with Gasteiger partial charge in [-0.05, 0) is 66.1 Å². The summed E-state index contributed by atoms with van der Waals surface area (Å²) in [4.78, 5) is 0.262. The van der Waals surface area contributed by atoms with E-state index in [2.05, 4.69) is 51.6 Å². The van der Waals surface area contributed by atoms with Crippen molar-refractivity contribution in [3.8, 4) is 5.75 Å². The van der Waals surface area contributed by atoms with E-state index in [1.807, 2.05) is 6.92 Å². The van der Waals surface area contributed by atoms with Crippen LogP contribution in [0.15, 0.2) is 47.4 Å². The SMILES string of the molecule is COc1ccc(S(=O)(=O)NCCCc2ccc(C)cc2)cc1I. The van der Waals surface area contributed by atoms with E-state index in [9.17, 15) is 8.42 Å². The Balaban J connectivity index is 1.91. The average molecular weight is 445 g/mol. The lowest BCUT2D eigenvalue weighted by Crippen LogP contribution is -2.25. The monoisotopic (exact) mass is 445 g/mol. The molecule has 124 valence electrons. The highest BCUT2D eigenvalue weighted by Crippen LogP contribution is 2.23. The van der Waals surface area contributed by atoms with Crippen LogP contribution in [-0.2, 0) is 16.4 Å². The van der Waals surface area contributed by atoms with E-state index in [1.54, 1.807) is 25.3 Å². The van der Waals surface area contributed by atoms with Gasteiger partial charge in [-0.15, -0.1) is 0 Å². The maximum Gasteiger partial charge on any atom is 0.240 e. The Morgan fingerprint density at radius 2 is 1.83 bits per heavy atom. The normalized spacial score (nSPS) is 11.4. The van der Waals surface area contributed by atoms with Crippen molar-refractivity contribution in [3.05, 3.63) is 57.2 Å². The van der Waals surface area contributed by atoms with Crippen LogP contribution >= 0.6 is 22.6 Å². The number of rotatable bonds is 7. The maximum atomic E-state index is 12.3.